The van der Waals surface area contributed by atoms with Gasteiger partial charge in [0.2, 0.25) is 0 Å². The minimum absolute atomic E-state index is 0.703. The van der Waals surface area contributed by atoms with Crippen molar-refractivity contribution in [1.82, 2.24) is 9.88 Å². The van der Waals surface area contributed by atoms with E-state index in [1.54, 1.807) is 11.3 Å². The molecule has 1 aromatic rings. The van der Waals surface area contributed by atoms with Crippen LogP contribution in [-0.2, 0) is 13.0 Å². The lowest BCUT2D eigenvalue weighted by Crippen LogP contribution is -2.33. The fourth-order valence-electron chi connectivity index (χ4n) is 2.78. The molecule has 1 saturated heterocycles. The van der Waals surface area contributed by atoms with Crippen LogP contribution in [0.5, 0.6) is 0 Å². The molecule has 1 unspecified atom stereocenters. The Balaban J connectivity index is 1.96. The van der Waals surface area contributed by atoms with Crippen molar-refractivity contribution < 1.29 is 0 Å². The lowest BCUT2D eigenvalue weighted by atomic mass is 10.1. The largest absolute Gasteiger partial charge is 0.330 e. The van der Waals surface area contributed by atoms with Crippen molar-refractivity contribution in [2.45, 2.75) is 58.0 Å². The average molecular weight is 267 g/mol. The van der Waals surface area contributed by atoms with E-state index in [2.05, 4.69) is 17.2 Å². The minimum Gasteiger partial charge on any atom is -0.330 e. The van der Waals surface area contributed by atoms with Crippen molar-refractivity contribution in [3.8, 4) is 0 Å². The maximum Gasteiger partial charge on any atom is 0.0941 e. The molecule has 18 heavy (non-hydrogen) atoms. The first kappa shape index (κ1) is 14.0. The van der Waals surface area contributed by atoms with Gasteiger partial charge in [-0.05, 0) is 32.4 Å². The standard InChI is InChI=1S/C14H25N3S/c1-2-13-6-4-3-5-9-17(13)10-12-11-18-14(16-12)7-8-15/h11,13H,2-10,15H2,1H3. The SMILES string of the molecule is CCC1CCCCCN1Cc1csc(CCN)n1. The molecule has 1 aromatic heterocycles. The van der Waals surface area contributed by atoms with E-state index >= 15 is 0 Å². The molecule has 1 aliphatic rings. The third-order valence-electron chi connectivity index (χ3n) is 3.79. The fraction of sp³-hybridized carbons (Fsp3) is 0.786. The number of likely N-dealkylation sites (tertiary alicyclic amines) is 1. The Morgan fingerprint density at radius 1 is 1.44 bits per heavy atom. The number of nitrogens with two attached hydrogens (primary N) is 1. The van der Waals surface area contributed by atoms with Gasteiger partial charge < -0.3 is 5.73 Å². The summed E-state index contributed by atoms with van der Waals surface area (Å²) < 4.78 is 0. The summed E-state index contributed by atoms with van der Waals surface area (Å²) in [5, 5.41) is 3.40. The van der Waals surface area contributed by atoms with Crippen LogP contribution in [0.25, 0.3) is 0 Å². The van der Waals surface area contributed by atoms with Crippen LogP contribution >= 0.6 is 11.3 Å². The second kappa shape index (κ2) is 7.22. The van der Waals surface area contributed by atoms with Gasteiger partial charge in [0, 0.05) is 24.4 Å². The first-order valence-electron chi connectivity index (χ1n) is 7.21. The van der Waals surface area contributed by atoms with Gasteiger partial charge in [0.1, 0.15) is 0 Å². The van der Waals surface area contributed by atoms with Crippen LogP contribution in [0.2, 0.25) is 0 Å². The summed E-state index contributed by atoms with van der Waals surface area (Å²) >= 11 is 1.76. The van der Waals surface area contributed by atoms with Gasteiger partial charge in [-0.15, -0.1) is 11.3 Å². The third-order valence-corrected chi connectivity index (χ3v) is 4.75. The molecule has 0 amide bonds. The fourth-order valence-corrected chi connectivity index (χ4v) is 3.58. The quantitative estimate of drug-likeness (QED) is 0.892. The predicted molar refractivity (Wildman–Crippen MR) is 77.8 cm³/mol. The molecule has 0 spiro atoms. The number of aromatic nitrogens is 1. The van der Waals surface area contributed by atoms with Crippen LogP contribution in [0.4, 0.5) is 0 Å². The van der Waals surface area contributed by atoms with Crippen LogP contribution in [-0.4, -0.2) is 29.0 Å². The van der Waals surface area contributed by atoms with Gasteiger partial charge in [0.05, 0.1) is 10.7 Å². The molecule has 0 aliphatic carbocycles. The molecule has 1 fully saturated rings. The van der Waals surface area contributed by atoms with Gasteiger partial charge >= 0.3 is 0 Å². The molecular formula is C14H25N3S. The first-order chi connectivity index (χ1) is 8.83. The Kier molecular flexibility index (Phi) is 5.60. The number of hydrogen-bond donors (Lipinski definition) is 1. The van der Waals surface area contributed by atoms with E-state index in [4.69, 9.17) is 10.7 Å². The summed E-state index contributed by atoms with van der Waals surface area (Å²) in [7, 11) is 0. The highest BCUT2D eigenvalue weighted by molar-refractivity contribution is 7.09. The predicted octanol–water partition coefficient (Wildman–Crippen LogP) is 2.80. The average Bonchev–Trinajstić information content (AvgIpc) is 2.69. The zero-order chi connectivity index (χ0) is 12.8. The Bertz CT molecular complexity index is 351. The molecule has 102 valence electrons. The second-order valence-corrected chi connectivity index (χ2v) is 6.10. The molecular weight excluding hydrogens is 242 g/mol. The molecule has 2 rings (SSSR count). The Morgan fingerprint density at radius 3 is 3.11 bits per heavy atom. The van der Waals surface area contributed by atoms with Gasteiger partial charge in [-0.1, -0.05) is 19.8 Å². The molecule has 1 atom stereocenters. The number of hydrogen-bond acceptors (Lipinski definition) is 4. The zero-order valence-corrected chi connectivity index (χ0v) is 12.2. The topological polar surface area (TPSA) is 42.1 Å². The van der Waals surface area contributed by atoms with Crippen molar-refractivity contribution in [3.63, 3.8) is 0 Å². The molecule has 1 aliphatic heterocycles. The van der Waals surface area contributed by atoms with E-state index in [9.17, 15) is 0 Å². The summed E-state index contributed by atoms with van der Waals surface area (Å²) in [6.07, 6.45) is 7.67. The van der Waals surface area contributed by atoms with Crippen molar-refractivity contribution in [2.24, 2.45) is 5.73 Å². The molecule has 4 heteroatoms. The summed E-state index contributed by atoms with van der Waals surface area (Å²) in [5.74, 6) is 0. The Labute approximate surface area is 114 Å². The van der Waals surface area contributed by atoms with Crippen LogP contribution in [0.3, 0.4) is 0 Å². The van der Waals surface area contributed by atoms with Crippen LogP contribution < -0.4 is 5.73 Å². The van der Waals surface area contributed by atoms with Crippen molar-refractivity contribution >= 4 is 11.3 Å². The van der Waals surface area contributed by atoms with Crippen LogP contribution in [0, 0.1) is 0 Å². The summed E-state index contributed by atoms with van der Waals surface area (Å²) in [4.78, 5) is 7.32. The molecule has 3 nitrogen and oxygen atoms in total. The monoisotopic (exact) mass is 267 g/mol. The van der Waals surface area contributed by atoms with Gasteiger partial charge in [-0.3, -0.25) is 4.90 Å². The molecule has 0 aromatic carbocycles. The van der Waals surface area contributed by atoms with E-state index in [1.165, 1.54) is 49.4 Å². The molecule has 0 radical (unpaired) electrons. The number of thiazole rings is 1. The van der Waals surface area contributed by atoms with E-state index in [1.807, 2.05) is 0 Å². The van der Waals surface area contributed by atoms with Gasteiger partial charge in [0.25, 0.3) is 0 Å². The highest BCUT2D eigenvalue weighted by Gasteiger charge is 2.20. The molecule has 0 saturated carbocycles. The molecule has 0 bridgehead atoms. The number of nitrogens with zero attached hydrogens (tertiary/aromatic N) is 2. The third kappa shape index (κ3) is 3.77. The highest BCUT2D eigenvalue weighted by Crippen LogP contribution is 2.22. The van der Waals surface area contributed by atoms with Crippen molar-refractivity contribution in [3.05, 3.63) is 16.1 Å². The summed E-state index contributed by atoms with van der Waals surface area (Å²) in [6.45, 7) is 5.28. The highest BCUT2D eigenvalue weighted by atomic mass is 32.1. The maximum atomic E-state index is 5.57. The first-order valence-corrected chi connectivity index (χ1v) is 8.08. The molecule has 2 heterocycles. The number of rotatable bonds is 5. The maximum absolute atomic E-state index is 5.57. The van der Waals surface area contributed by atoms with E-state index < -0.39 is 0 Å². The second-order valence-electron chi connectivity index (χ2n) is 5.15. The van der Waals surface area contributed by atoms with Gasteiger partial charge in [-0.25, -0.2) is 4.98 Å². The lowest BCUT2D eigenvalue weighted by Gasteiger charge is -2.28. The van der Waals surface area contributed by atoms with Crippen molar-refractivity contribution in [1.29, 1.82) is 0 Å². The van der Waals surface area contributed by atoms with E-state index in [-0.39, 0.29) is 0 Å². The van der Waals surface area contributed by atoms with Crippen LogP contribution in [0.15, 0.2) is 5.38 Å². The van der Waals surface area contributed by atoms with Gasteiger partial charge in [-0.2, -0.15) is 0 Å². The molecule has 2 N–H and O–H groups in total. The van der Waals surface area contributed by atoms with Gasteiger partial charge in [0.15, 0.2) is 0 Å². The van der Waals surface area contributed by atoms with Crippen LogP contribution in [0.1, 0.15) is 49.7 Å². The van der Waals surface area contributed by atoms with Crippen molar-refractivity contribution in [2.75, 3.05) is 13.1 Å². The summed E-state index contributed by atoms with van der Waals surface area (Å²) in [5.41, 5.74) is 6.81. The Morgan fingerprint density at radius 2 is 2.33 bits per heavy atom. The van der Waals surface area contributed by atoms with E-state index in [0.717, 1.165) is 19.0 Å². The Hall–Kier alpha value is -0.450. The minimum atomic E-state index is 0.703. The zero-order valence-electron chi connectivity index (χ0n) is 11.4. The lowest BCUT2D eigenvalue weighted by molar-refractivity contribution is 0.184. The van der Waals surface area contributed by atoms with E-state index in [0.29, 0.717) is 6.54 Å². The normalized spacial score (nSPS) is 22.0. The summed E-state index contributed by atoms with van der Waals surface area (Å²) in [6, 6.07) is 0.757. The smallest absolute Gasteiger partial charge is 0.0941 e.